The number of benzene rings is 2. The average Bonchev–Trinajstić information content (AvgIpc) is 3.46. The molecular weight excluding hydrogens is 548 g/mol. The van der Waals surface area contributed by atoms with Crippen molar-refractivity contribution in [1.29, 1.82) is 0 Å². The molecule has 0 bridgehead atoms. The fraction of sp³-hybridized carbons (Fsp3) is 0.346. The molecule has 5 amide bonds. The maximum atomic E-state index is 13.5. The number of carboxylic acid groups (broad SMARTS) is 1. The molecule has 0 spiro atoms. The van der Waals surface area contributed by atoms with Crippen molar-refractivity contribution < 1.29 is 29.1 Å². The number of fused-ring (bicyclic) bond motifs is 1. The Morgan fingerprint density at radius 1 is 1.02 bits per heavy atom. The topological polar surface area (TPSA) is 247 Å². The van der Waals surface area contributed by atoms with Crippen LogP contribution in [-0.4, -0.2) is 79.8 Å². The third-order valence-electron chi connectivity index (χ3n) is 6.10. The number of aryl methyl sites for hydroxylation is 1. The Labute approximate surface area is 239 Å². The summed E-state index contributed by atoms with van der Waals surface area (Å²) in [5.74, 6) is -3.20. The first-order valence-corrected chi connectivity index (χ1v) is 13.0. The highest BCUT2D eigenvalue weighted by Gasteiger charge is 2.30. The maximum Gasteiger partial charge on any atom is 0.332 e. The summed E-state index contributed by atoms with van der Waals surface area (Å²) < 4.78 is 0. The van der Waals surface area contributed by atoms with Crippen LogP contribution in [0.3, 0.4) is 0 Å². The van der Waals surface area contributed by atoms with Crippen molar-refractivity contribution in [3.8, 4) is 0 Å². The van der Waals surface area contributed by atoms with E-state index in [9.17, 15) is 29.1 Å². The van der Waals surface area contributed by atoms with E-state index in [4.69, 9.17) is 5.73 Å². The summed E-state index contributed by atoms with van der Waals surface area (Å²) >= 11 is 0. The number of hydrazone groups is 1. The third-order valence-corrected chi connectivity index (χ3v) is 6.10. The summed E-state index contributed by atoms with van der Waals surface area (Å²) in [5.41, 5.74) is 7.24. The van der Waals surface area contributed by atoms with Crippen LogP contribution in [0.25, 0.3) is 10.8 Å². The molecule has 0 unspecified atom stereocenters. The van der Waals surface area contributed by atoms with Crippen molar-refractivity contribution in [1.82, 2.24) is 42.0 Å². The highest BCUT2D eigenvalue weighted by molar-refractivity contribution is 6.08. The number of amides is 5. The van der Waals surface area contributed by atoms with Gasteiger partial charge >= 0.3 is 12.0 Å². The van der Waals surface area contributed by atoms with E-state index in [-0.39, 0.29) is 12.8 Å². The second kappa shape index (κ2) is 14.8. The lowest BCUT2D eigenvalue weighted by atomic mass is 10.0. The molecule has 1 aromatic heterocycles. The lowest BCUT2D eigenvalue weighted by Gasteiger charge is -2.26. The standard InChI is InChI=1S/C26H32N10O6/c1-14(2)22(25(41)29-16(12-21(37)38)13-28-34-26(27)42)31-24(40)19(10-11-20-32-35-36-33-20)30-23(39)18-9-5-7-15-6-3-4-8-17(15)18/h3-9,13-14,16,19,22H,10-12H2,1-2H3,(H,29,41)(H,30,39)(H,31,40)(H,37,38)(H3,27,34,42)(H,32,33,35,36)/b28-13+/t16-,19-,22-/m0/s1. The van der Waals surface area contributed by atoms with Crippen molar-refractivity contribution in [3.63, 3.8) is 0 Å². The molecular formula is C26H32N10O6. The van der Waals surface area contributed by atoms with Crippen LogP contribution >= 0.6 is 0 Å². The number of nitrogens with one attached hydrogen (secondary N) is 5. The molecule has 42 heavy (non-hydrogen) atoms. The zero-order valence-electron chi connectivity index (χ0n) is 22.9. The van der Waals surface area contributed by atoms with Crippen LogP contribution in [-0.2, 0) is 20.8 Å². The maximum absolute atomic E-state index is 13.5. The fourth-order valence-corrected chi connectivity index (χ4v) is 4.07. The molecule has 16 nitrogen and oxygen atoms in total. The zero-order valence-corrected chi connectivity index (χ0v) is 22.9. The van der Waals surface area contributed by atoms with Gasteiger partial charge in [0.05, 0.1) is 12.5 Å². The van der Waals surface area contributed by atoms with Crippen molar-refractivity contribution >= 4 is 46.7 Å². The normalized spacial score (nSPS) is 13.3. The number of rotatable bonds is 14. The number of nitrogens with two attached hydrogens (primary N) is 1. The number of aliphatic carboxylic acids is 1. The van der Waals surface area contributed by atoms with E-state index in [1.165, 1.54) is 0 Å². The monoisotopic (exact) mass is 580 g/mol. The van der Waals surface area contributed by atoms with Gasteiger partial charge in [0.15, 0.2) is 5.82 Å². The Kier molecular flexibility index (Phi) is 11.0. The van der Waals surface area contributed by atoms with Gasteiger partial charge in [-0.15, -0.1) is 10.2 Å². The predicted octanol–water partition coefficient (Wildman–Crippen LogP) is -0.161. The van der Waals surface area contributed by atoms with Gasteiger partial charge in [0.25, 0.3) is 5.91 Å². The first kappa shape index (κ1) is 31.1. The lowest BCUT2D eigenvalue weighted by Crippen LogP contribution is -2.57. The predicted molar refractivity (Wildman–Crippen MR) is 150 cm³/mol. The van der Waals surface area contributed by atoms with Gasteiger partial charge in [0.1, 0.15) is 12.1 Å². The Hall–Kier alpha value is -5.41. The SMILES string of the molecule is CC(C)[C@H](NC(=O)[C@H](CCc1nn[nH]n1)NC(=O)c1cccc2ccccc12)C(=O)N[C@H](/C=N/NC(N)=O)CC(=O)O. The number of H-pyrrole nitrogens is 1. The van der Waals surface area contributed by atoms with Crippen LogP contribution in [0.15, 0.2) is 47.6 Å². The molecule has 0 saturated carbocycles. The second-order valence-electron chi connectivity index (χ2n) is 9.62. The zero-order chi connectivity index (χ0) is 30.6. The summed E-state index contributed by atoms with van der Waals surface area (Å²) in [4.78, 5) is 62.2. The second-order valence-corrected chi connectivity index (χ2v) is 9.62. The number of tetrazole rings is 1. The molecule has 0 saturated heterocycles. The molecule has 0 radical (unpaired) electrons. The Bertz CT molecular complexity index is 1440. The molecule has 3 rings (SSSR count). The average molecular weight is 581 g/mol. The number of carboxylic acids is 1. The van der Waals surface area contributed by atoms with Gasteiger partial charge in [-0.1, -0.05) is 55.5 Å². The lowest BCUT2D eigenvalue weighted by molar-refractivity contribution is -0.137. The molecule has 222 valence electrons. The largest absolute Gasteiger partial charge is 0.481 e. The summed E-state index contributed by atoms with van der Waals surface area (Å²) in [7, 11) is 0. The van der Waals surface area contributed by atoms with Crippen LogP contribution in [0.1, 0.15) is 42.9 Å². The van der Waals surface area contributed by atoms with Gasteiger partial charge in [0, 0.05) is 18.2 Å². The number of primary amides is 1. The summed E-state index contributed by atoms with van der Waals surface area (Å²) in [5, 5.41) is 35.8. The van der Waals surface area contributed by atoms with Crippen LogP contribution in [0.4, 0.5) is 4.79 Å². The van der Waals surface area contributed by atoms with E-state index in [1.807, 2.05) is 23.6 Å². The number of nitrogens with zero attached hydrogens (tertiary/aromatic N) is 4. The molecule has 8 N–H and O–H groups in total. The molecule has 1 heterocycles. The van der Waals surface area contributed by atoms with E-state index >= 15 is 0 Å². The van der Waals surface area contributed by atoms with Crippen molar-refractivity contribution in [2.24, 2.45) is 16.8 Å². The molecule has 0 aliphatic heterocycles. The van der Waals surface area contributed by atoms with Gasteiger partial charge in [-0.05, 0) is 29.2 Å². The number of hydrogen-bond donors (Lipinski definition) is 7. The van der Waals surface area contributed by atoms with E-state index in [1.54, 1.807) is 38.1 Å². The van der Waals surface area contributed by atoms with Crippen molar-refractivity contribution in [2.75, 3.05) is 0 Å². The third kappa shape index (κ3) is 9.07. The van der Waals surface area contributed by atoms with Crippen LogP contribution in [0.2, 0.25) is 0 Å². The van der Waals surface area contributed by atoms with Crippen LogP contribution in [0.5, 0.6) is 0 Å². The number of carbonyl (C=O) groups is 5. The van der Waals surface area contributed by atoms with E-state index in [2.05, 4.69) is 41.7 Å². The summed E-state index contributed by atoms with van der Waals surface area (Å²) in [6, 6.07) is 8.25. The van der Waals surface area contributed by atoms with E-state index in [0.29, 0.717) is 16.8 Å². The number of hydrogen-bond acceptors (Lipinski definition) is 9. The number of urea groups is 1. The van der Waals surface area contributed by atoms with Gasteiger partial charge in [-0.3, -0.25) is 19.2 Å². The molecule has 0 fully saturated rings. The summed E-state index contributed by atoms with van der Waals surface area (Å²) in [6.07, 6.45) is 0.727. The quantitative estimate of drug-likeness (QED) is 0.0987. The molecule has 3 atom stereocenters. The van der Waals surface area contributed by atoms with E-state index < -0.39 is 60.2 Å². The van der Waals surface area contributed by atoms with Crippen molar-refractivity contribution in [2.45, 2.75) is 51.2 Å². The minimum atomic E-state index is -1.24. The highest BCUT2D eigenvalue weighted by Crippen LogP contribution is 2.19. The van der Waals surface area contributed by atoms with Crippen LogP contribution in [0, 0.1) is 5.92 Å². The van der Waals surface area contributed by atoms with Gasteiger partial charge in [-0.2, -0.15) is 10.3 Å². The Morgan fingerprint density at radius 2 is 1.76 bits per heavy atom. The first-order chi connectivity index (χ1) is 20.0. The number of aromatic amines is 1. The number of carbonyl (C=O) groups excluding carboxylic acids is 4. The van der Waals surface area contributed by atoms with Gasteiger partial charge < -0.3 is 26.8 Å². The van der Waals surface area contributed by atoms with Gasteiger partial charge in [0.2, 0.25) is 11.8 Å². The number of aromatic nitrogens is 4. The molecule has 3 aromatic rings. The molecule has 0 aliphatic rings. The minimum absolute atomic E-state index is 0.0847. The fourth-order valence-electron chi connectivity index (χ4n) is 4.07. The van der Waals surface area contributed by atoms with Crippen molar-refractivity contribution in [3.05, 3.63) is 53.9 Å². The Balaban J connectivity index is 1.79. The smallest absolute Gasteiger partial charge is 0.332 e. The van der Waals surface area contributed by atoms with E-state index in [0.717, 1.165) is 11.6 Å². The molecule has 2 aromatic carbocycles. The summed E-state index contributed by atoms with van der Waals surface area (Å²) in [6.45, 7) is 3.37. The van der Waals surface area contributed by atoms with Crippen LogP contribution < -0.4 is 27.1 Å². The minimum Gasteiger partial charge on any atom is -0.481 e. The highest BCUT2D eigenvalue weighted by atomic mass is 16.4. The van der Waals surface area contributed by atoms with Gasteiger partial charge in [-0.25, -0.2) is 10.2 Å². The Morgan fingerprint density at radius 3 is 2.43 bits per heavy atom. The molecule has 16 heteroatoms. The molecule has 0 aliphatic carbocycles. The first-order valence-electron chi connectivity index (χ1n) is 13.0.